The summed E-state index contributed by atoms with van der Waals surface area (Å²) in [5.41, 5.74) is 1.31. The number of aromatic hydroxyl groups is 1. The molecule has 1 aliphatic heterocycles. The third-order valence-corrected chi connectivity index (χ3v) is 4.45. The van der Waals surface area contributed by atoms with E-state index >= 15 is 0 Å². The summed E-state index contributed by atoms with van der Waals surface area (Å²) in [6, 6.07) is 8.87. The lowest BCUT2D eigenvalue weighted by atomic mass is 10.0. The number of rotatable bonds is 4. The molecule has 1 N–H and O–H groups in total. The predicted molar refractivity (Wildman–Crippen MR) is 84.2 cm³/mol. The molecule has 2 rings (SSSR count). The molecule has 1 aromatic carbocycles. The van der Waals surface area contributed by atoms with Gasteiger partial charge in [-0.25, -0.2) is 0 Å². The van der Waals surface area contributed by atoms with E-state index in [0.29, 0.717) is 17.8 Å². The second-order valence-corrected chi connectivity index (χ2v) is 6.26. The Labute approximate surface area is 123 Å². The van der Waals surface area contributed by atoms with Crippen LogP contribution in [0.1, 0.15) is 32.3 Å². The molecule has 1 aliphatic rings. The second-order valence-electron chi connectivity index (χ2n) is 6.26. The fourth-order valence-corrected chi connectivity index (χ4v) is 3.25. The first kappa shape index (κ1) is 15.3. The molecular formula is C17H28N2O. The smallest absolute Gasteiger partial charge is 0.115 e. The number of phenols is 1. The van der Waals surface area contributed by atoms with Crippen LogP contribution in [-0.2, 0) is 6.42 Å². The number of likely N-dealkylation sites (N-methyl/N-ethyl adjacent to an activating group) is 1. The van der Waals surface area contributed by atoms with E-state index in [1.54, 1.807) is 12.1 Å². The van der Waals surface area contributed by atoms with Gasteiger partial charge in [0.25, 0.3) is 0 Å². The molecule has 1 saturated heterocycles. The zero-order valence-corrected chi connectivity index (χ0v) is 13.0. The zero-order valence-electron chi connectivity index (χ0n) is 13.0. The lowest BCUT2D eigenvalue weighted by Crippen LogP contribution is -2.43. The highest BCUT2D eigenvalue weighted by Crippen LogP contribution is 2.17. The van der Waals surface area contributed by atoms with Crippen LogP contribution in [0.4, 0.5) is 0 Å². The molecule has 1 fully saturated rings. The van der Waals surface area contributed by atoms with Crippen molar-refractivity contribution in [2.75, 3.05) is 26.7 Å². The molecule has 0 bridgehead atoms. The Morgan fingerprint density at radius 2 is 1.95 bits per heavy atom. The van der Waals surface area contributed by atoms with Crippen molar-refractivity contribution in [2.24, 2.45) is 0 Å². The highest BCUT2D eigenvalue weighted by atomic mass is 16.3. The van der Waals surface area contributed by atoms with Gasteiger partial charge in [-0.3, -0.25) is 4.90 Å². The summed E-state index contributed by atoms with van der Waals surface area (Å²) in [5.74, 6) is 0.353. The minimum absolute atomic E-state index is 0.353. The minimum Gasteiger partial charge on any atom is -0.508 e. The SMILES string of the molecule is CC(CCc1ccc(O)cc1)N1CCCN(C)CC1C. The third-order valence-electron chi connectivity index (χ3n) is 4.45. The van der Waals surface area contributed by atoms with Crippen LogP contribution in [0.25, 0.3) is 0 Å². The molecule has 2 atom stereocenters. The summed E-state index contributed by atoms with van der Waals surface area (Å²) in [4.78, 5) is 5.10. The standard InChI is InChI=1S/C17H28N2O/c1-14(5-6-16-7-9-17(20)10-8-16)19-12-4-11-18(3)13-15(19)2/h7-10,14-15,20H,4-6,11-13H2,1-3H3. The second kappa shape index (κ2) is 7.09. The maximum absolute atomic E-state index is 9.32. The Hall–Kier alpha value is -1.06. The summed E-state index contributed by atoms with van der Waals surface area (Å²) >= 11 is 0. The summed E-state index contributed by atoms with van der Waals surface area (Å²) in [7, 11) is 2.22. The van der Waals surface area contributed by atoms with E-state index in [0.717, 1.165) is 6.42 Å². The molecule has 0 saturated carbocycles. The van der Waals surface area contributed by atoms with E-state index in [9.17, 15) is 5.11 Å². The first-order valence-electron chi connectivity index (χ1n) is 7.78. The molecule has 0 amide bonds. The van der Waals surface area contributed by atoms with Crippen molar-refractivity contribution in [3.63, 3.8) is 0 Å². The number of aryl methyl sites for hydroxylation is 1. The van der Waals surface area contributed by atoms with Gasteiger partial charge in [-0.15, -0.1) is 0 Å². The molecule has 0 aliphatic carbocycles. The Bertz CT molecular complexity index is 404. The summed E-state index contributed by atoms with van der Waals surface area (Å²) in [5, 5.41) is 9.32. The first-order valence-corrected chi connectivity index (χ1v) is 7.78. The number of phenolic OH excluding ortho intramolecular Hbond substituents is 1. The van der Waals surface area contributed by atoms with Gasteiger partial charge >= 0.3 is 0 Å². The maximum atomic E-state index is 9.32. The van der Waals surface area contributed by atoms with Gasteiger partial charge in [0.1, 0.15) is 5.75 Å². The van der Waals surface area contributed by atoms with Crippen LogP contribution in [0.5, 0.6) is 5.75 Å². The van der Waals surface area contributed by atoms with Crippen molar-refractivity contribution in [3.05, 3.63) is 29.8 Å². The van der Waals surface area contributed by atoms with E-state index in [1.165, 1.54) is 38.0 Å². The predicted octanol–water partition coefficient (Wildman–Crippen LogP) is 2.74. The van der Waals surface area contributed by atoms with Gasteiger partial charge in [0, 0.05) is 18.6 Å². The molecule has 1 aromatic rings. The summed E-state index contributed by atoms with van der Waals surface area (Å²) in [6.07, 6.45) is 3.53. The third kappa shape index (κ3) is 4.22. The van der Waals surface area contributed by atoms with Gasteiger partial charge in [-0.2, -0.15) is 0 Å². The molecular weight excluding hydrogens is 248 g/mol. The van der Waals surface area contributed by atoms with E-state index in [1.807, 2.05) is 12.1 Å². The quantitative estimate of drug-likeness (QED) is 0.916. The normalized spacial score (nSPS) is 23.4. The molecule has 112 valence electrons. The number of hydrogen-bond acceptors (Lipinski definition) is 3. The molecule has 2 unspecified atom stereocenters. The van der Waals surface area contributed by atoms with Crippen molar-refractivity contribution in [1.29, 1.82) is 0 Å². The fourth-order valence-electron chi connectivity index (χ4n) is 3.25. The molecule has 0 spiro atoms. The topological polar surface area (TPSA) is 26.7 Å². The lowest BCUT2D eigenvalue weighted by molar-refractivity contribution is 0.146. The lowest BCUT2D eigenvalue weighted by Gasteiger charge is -2.33. The van der Waals surface area contributed by atoms with Crippen LogP contribution in [0.3, 0.4) is 0 Å². The number of benzene rings is 1. The summed E-state index contributed by atoms with van der Waals surface area (Å²) in [6.45, 7) is 8.29. The van der Waals surface area contributed by atoms with Crippen LogP contribution in [-0.4, -0.2) is 53.7 Å². The Morgan fingerprint density at radius 3 is 2.65 bits per heavy atom. The van der Waals surface area contributed by atoms with Gasteiger partial charge in [0.2, 0.25) is 0 Å². The number of hydrogen-bond donors (Lipinski definition) is 1. The van der Waals surface area contributed by atoms with Crippen LogP contribution < -0.4 is 0 Å². The van der Waals surface area contributed by atoms with E-state index in [4.69, 9.17) is 0 Å². The van der Waals surface area contributed by atoms with Crippen molar-refractivity contribution in [3.8, 4) is 5.75 Å². The van der Waals surface area contributed by atoms with E-state index in [-0.39, 0.29) is 0 Å². The fraction of sp³-hybridized carbons (Fsp3) is 0.647. The van der Waals surface area contributed by atoms with E-state index in [2.05, 4.69) is 30.7 Å². The van der Waals surface area contributed by atoms with Crippen molar-refractivity contribution in [2.45, 2.75) is 45.2 Å². The van der Waals surface area contributed by atoms with Crippen molar-refractivity contribution < 1.29 is 5.11 Å². The first-order chi connectivity index (χ1) is 9.56. The average Bonchev–Trinajstić information content (AvgIpc) is 2.58. The van der Waals surface area contributed by atoms with Gasteiger partial charge < -0.3 is 10.0 Å². The molecule has 3 heteroatoms. The Balaban J connectivity index is 1.87. The molecule has 1 heterocycles. The monoisotopic (exact) mass is 276 g/mol. The van der Waals surface area contributed by atoms with Crippen molar-refractivity contribution in [1.82, 2.24) is 9.80 Å². The van der Waals surface area contributed by atoms with Crippen LogP contribution >= 0.6 is 0 Å². The summed E-state index contributed by atoms with van der Waals surface area (Å²) < 4.78 is 0. The maximum Gasteiger partial charge on any atom is 0.115 e. The molecule has 20 heavy (non-hydrogen) atoms. The van der Waals surface area contributed by atoms with Gasteiger partial charge in [0.15, 0.2) is 0 Å². The highest BCUT2D eigenvalue weighted by molar-refractivity contribution is 5.25. The minimum atomic E-state index is 0.353. The largest absolute Gasteiger partial charge is 0.508 e. The Kier molecular flexibility index (Phi) is 5.44. The zero-order chi connectivity index (χ0) is 14.5. The van der Waals surface area contributed by atoms with Gasteiger partial charge in [-0.1, -0.05) is 12.1 Å². The van der Waals surface area contributed by atoms with Crippen LogP contribution in [0.15, 0.2) is 24.3 Å². The van der Waals surface area contributed by atoms with Crippen LogP contribution in [0, 0.1) is 0 Å². The molecule has 0 radical (unpaired) electrons. The van der Waals surface area contributed by atoms with Crippen molar-refractivity contribution >= 4 is 0 Å². The van der Waals surface area contributed by atoms with Crippen LogP contribution in [0.2, 0.25) is 0 Å². The van der Waals surface area contributed by atoms with Gasteiger partial charge in [-0.05, 0) is 70.9 Å². The highest BCUT2D eigenvalue weighted by Gasteiger charge is 2.23. The number of nitrogens with zero attached hydrogens (tertiary/aromatic N) is 2. The molecule has 0 aromatic heterocycles. The van der Waals surface area contributed by atoms with Gasteiger partial charge in [0.05, 0.1) is 0 Å². The average molecular weight is 276 g/mol. The molecule has 3 nitrogen and oxygen atoms in total. The van der Waals surface area contributed by atoms with E-state index < -0.39 is 0 Å². The Morgan fingerprint density at radius 1 is 1.25 bits per heavy atom.